The van der Waals surface area contributed by atoms with Gasteiger partial charge in [0.15, 0.2) is 23.0 Å². The van der Waals surface area contributed by atoms with Gasteiger partial charge >= 0.3 is 0 Å². The molecule has 0 atom stereocenters. The molecule has 5 N–H and O–H groups in total. The molecule has 0 aliphatic heterocycles. The summed E-state index contributed by atoms with van der Waals surface area (Å²) in [5.41, 5.74) is 19.7. The summed E-state index contributed by atoms with van der Waals surface area (Å²) >= 11 is 0. The third kappa shape index (κ3) is 19.7. The Morgan fingerprint density at radius 1 is 0.333 bits per heavy atom. The van der Waals surface area contributed by atoms with E-state index in [1.165, 1.54) is 73.3 Å². The average Bonchev–Trinajstić information content (AvgIpc) is 3.28. The first-order valence-corrected chi connectivity index (χ1v) is 26.6. The van der Waals surface area contributed by atoms with Crippen LogP contribution in [-0.4, -0.2) is 46.9 Å². The van der Waals surface area contributed by atoms with Gasteiger partial charge in [0.25, 0.3) is 0 Å². The average molecular weight is 1030 g/mol. The molecule has 0 heterocycles. The lowest BCUT2D eigenvalue weighted by atomic mass is 9.91. The SMILES string of the molecule is COc1cc(C(C)C)cc(C)c1OC.COc1cc(C)c(C(C)C)c(C)c1.Cc1c(C(C)C)ccc(O)c1O.Cc1cc(O)cc(C)c1C(C)C.Cc1cc(O)cc(O)c1C(C)C.Cc1ccc(C)c(C(C)C)c1C. The van der Waals surface area contributed by atoms with E-state index in [1.54, 1.807) is 27.4 Å². The molecule has 0 saturated carbocycles. The van der Waals surface area contributed by atoms with Gasteiger partial charge in [-0.05, 0) is 236 Å². The number of phenols is 5. The molecule has 0 amide bonds. The van der Waals surface area contributed by atoms with Crippen molar-refractivity contribution in [2.45, 2.75) is 188 Å². The summed E-state index contributed by atoms with van der Waals surface area (Å²) in [5.74, 6) is 6.16. The van der Waals surface area contributed by atoms with Gasteiger partial charge in [-0.25, -0.2) is 0 Å². The van der Waals surface area contributed by atoms with E-state index in [0.717, 1.165) is 45.1 Å². The molecule has 0 aromatic heterocycles. The molecule has 0 bridgehead atoms. The minimum Gasteiger partial charge on any atom is -0.508 e. The van der Waals surface area contributed by atoms with Crippen molar-refractivity contribution in [3.8, 4) is 46.0 Å². The van der Waals surface area contributed by atoms with Crippen molar-refractivity contribution in [2.75, 3.05) is 21.3 Å². The van der Waals surface area contributed by atoms with E-state index >= 15 is 0 Å². The van der Waals surface area contributed by atoms with Crippen LogP contribution in [0.3, 0.4) is 0 Å². The highest BCUT2D eigenvalue weighted by Gasteiger charge is 2.14. The quantitative estimate of drug-likeness (QED) is 0.0906. The number of rotatable bonds is 9. The Balaban J connectivity index is 0.000000450. The first-order valence-electron chi connectivity index (χ1n) is 26.6. The highest BCUT2D eigenvalue weighted by molar-refractivity contribution is 5.51. The second kappa shape index (κ2) is 30.9. The predicted molar refractivity (Wildman–Crippen MR) is 319 cm³/mol. The van der Waals surface area contributed by atoms with Crippen molar-refractivity contribution in [1.82, 2.24) is 0 Å². The molecule has 6 aromatic rings. The summed E-state index contributed by atoms with van der Waals surface area (Å²) in [6, 6.07) is 22.9. The van der Waals surface area contributed by atoms with Crippen molar-refractivity contribution < 1.29 is 39.7 Å². The number of phenolic OH excluding ortho intramolecular Hbond substituents is 5. The van der Waals surface area contributed by atoms with Crippen molar-refractivity contribution in [2.24, 2.45) is 0 Å². The van der Waals surface area contributed by atoms with E-state index in [-0.39, 0.29) is 28.9 Å². The number of methoxy groups -OCH3 is 3. The standard InChI is InChI=1S/C12H18O2.C12H18O.C12H18.C11H16O.2C10H14O2/c1-8(2)10-6-9(3)12(14-5)11(7-10)13-4;1-8(2)12-9(3)6-11(13-5)7-10(12)4;1-8(2)12-10(4)7-6-9(3)11(12)5;1-7(2)11-8(3)5-10(12)6-9(11)4;1-6(2)10-7(3)4-8(11)5-9(10)12;1-6(2)8-4-5-9(11)10(12)7(8)3/h6-8H,1-5H3;6-8H,1-5H3;6-8H,1-5H3;5-7,12H,1-4H3;2*4-6,11-12H,1-3H3. The van der Waals surface area contributed by atoms with Crippen molar-refractivity contribution in [1.29, 1.82) is 0 Å². The van der Waals surface area contributed by atoms with E-state index in [0.29, 0.717) is 35.3 Å². The molecule has 8 nitrogen and oxygen atoms in total. The highest BCUT2D eigenvalue weighted by Crippen LogP contribution is 2.36. The van der Waals surface area contributed by atoms with Gasteiger partial charge in [0.2, 0.25) is 0 Å². The number of ether oxygens (including phenoxy) is 3. The fourth-order valence-electron chi connectivity index (χ4n) is 10.0. The number of benzene rings is 6. The molecular formula is C67H98O8. The molecule has 0 aliphatic rings. The Labute approximate surface area is 454 Å². The molecule has 0 unspecified atom stereocenters. The summed E-state index contributed by atoms with van der Waals surface area (Å²) in [4.78, 5) is 0. The Kier molecular flexibility index (Phi) is 27.5. The van der Waals surface area contributed by atoms with E-state index in [2.05, 4.69) is 134 Å². The van der Waals surface area contributed by atoms with Crippen molar-refractivity contribution in [3.05, 3.63) is 162 Å². The fraction of sp³-hybridized carbons (Fsp3) is 0.463. The molecule has 6 aromatic carbocycles. The summed E-state index contributed by atoms with van der Waals surface area (Å²) in [6.45, 7) is 46.5. The summed E-state index contributed by atoms with van der Waals surface area (Å²) in [5, 5.41) is 46.5. The monoisotopic (exact) mass is 1030 g/mol. The van der Waals surface area contributed by atoms with Gasteiger partial charge in [0.05, 0.1) is 21.3 Å². The molecule has 6 rings (SSSR count). The smallest absolute Gasteiger partial charge is 0.163 e. The van der Waals surface area contributed by atoms with Crippen molar-refractivity contribution >= 4 is 0 Å². The third-order valence-electron chi connectivity index (χ3n) is 13.5. The lowest BCUT2D eigenvalue weighted by molar-refractivity contribution is 0.352. The van der Waals surface area contributed by atoms with Crippen LogP contribution in [0.5, 0.6) is 46.0 Å². The van der Waals surface area contributed by atoms with E-state index in [9.17, 15) is 15.3 Å². The molecule has 0 radical (unpaired) electrons. The normalized spacial score (nSPS) is 10.7. The third-order valence-corrected chi connectivity index (χ3v) is 13.5. The van der Waals surface area contributed by atoms with Gasteiger partial charge in [-0.15, -0.1) is 0 Å². The lowest BCUT2D eigenvalue weighted by Gasteiger charge is -2.15. The molecule has 0 saturated heterocycles. The highest BCUT2D eigenvalue weighted by atomic mass is 16.5. The molecule has 75 heavy (non-hydrogen) atoms. The molecule has 414 valence electrons. The van der Waals surface area contributed by atoms with E-state index < -0.39 is 0 Å². The molecular weight excluding hydrogens is 933 g/mol. The Bertz CT molecular complexity index is 2610. The van der Waals surface area contributed by atoms with E-state index in [1.807, 2.05) is 72.7 Å². The van der Waals surface area contributed by atoms with Crippen LogP contribution in [0.4, 0.5) is 0 Å². The Hall–Kier alpha value is -6.28. The van der Waals surface area contributed by atoms with Crippen LogP contribution in [0.25, 0.3) is 0 Å². The van der Waals surface area contributed by atoms with Crippen LogP contribution in [0.1, 0.15) is 208 Å². The van der Waals surface area contributed by atoms with Crippen LogP contribution < -0.4 is 14.2 Å². The first-order chi connectivity index (χ1) is 34.8. The minimum absolute atomic E-state index is 0.00111. The van der Waals surface area contributed by atoms with Gasteiger partial charge in [-0.2, -0.15) is 0 Å². The minimum atomic E-state index is -0.0445. The lowest BCUT2D eigenvalue weighted by Crippen LogP contribution is -1.97. The fourth-order valence-corrected chi connectivity index (χ4v) is 10.0. The summed E-state index contributed by atoms with van der Waals surface area (Å²) in [7, 11) is 5.05. The van der Waals surface area contributed by atoms with Gasteiger partial charge < -0.3 is 39.7 Å². The number of aryl methyl sites for hydroxylation is 8. The number of hydrogen-bond acceptors (Lipinski definition) is 8. The molecule has 0 fully saturated rings. The summed E-state index contributed by atoms with van der Waals surface area (Å²) in [6.07, 6.45) is 0. The maximum atomic E-state index is 9.48. The van der Waals surface area contributed by atoms with E-state index in [4.69, 9.17) is 24.4 Å². The molecule has 0 aliphatic carbocycles. The topological polar surface area (TPSA) is 129 Å². The Morgan fingerprint density at radius 3 is 1.13 bits per heavy atom. The second-order valence-corrected chi connectivity index (χ2v) is 21.8. The molecule has 8 heteroatoms. The Morgan fingerprint density at radius 2 is 0.760 bits per heavy atom. The number of aromatic hydroxyl groups is 5. The largest absolute Gasteiger partial charge is 0.508 e. The van der Waals surface area contributed by atoms with Crippen LogP contribution >= 0.6 is 0 Å². The van der Waals surface area contributed by atoms with Gasteiger partial charge in [-0.3, -0.25) is 0 Å². The maximum absolute atomic E-state index is 9.48. The van der Waals surface area contributed by atoms with Crippen LogP contribution in [-0.2, 0) is 0 Å². The van der Waals surface area contributed by atoms with Crippen molar-refractivity contribution in [3.63, 3.8) is 0 Å². The number of hydrogen-bond donors (Lipinski definition) is 5. The summed E-state index contributed by atoms with van der Waals surface area (Å²) < 4.78 is 15.8. The van der Waals surface area contributed by atoms with Gasteiger partial charge in [0.1, 0.15) is 23.0 Å². The first kappa shape index (κ1) is 66.7. The zero-order valence-corrected chi connectivity index (χ0v) is 50.9. The predicted octanol–water partition coefficient (Wildman–Crippen LogP) is 18.5. The maximum Gasteiger partial charge on any atom is 0.163 e. The second-order valence-electron chi connectivity index (χ2n) is 21.8. The van der Waals surface area contributed by atoms with Crippen LogP contribution in [0, 0.1) is 69.2 Å². The molecule has 0 spiro atoms. The van der Waals surface area contributed by atoms with Gasteiger partial charge in [0, 0.05) is 6.07 Å². The van der Waals surface area contributed by atoms with Crippen LogP contribution in [0.15, 0.2) is 72.8 Å². The zero-order valence-electron chi connectivity index (χ0n) is 50.9. The van der Waals surface area contributed by atoms with Gasteiger partial charge in [-0.1, -0.05) is 107 Å². The zero-order chi connectivity index (χ0) is 57.9. The van der Waals surface area contributed by atoms with Crippen LogP contribution in [0.2, 0.25) is 0 Å².